The minimum atomic E-state index is -2.94. The van der Waals surface area contributed by atoms with Gasteiger partial charge >= 0.3 is 0 Å². The average molecular weight is 165 g/mol. The van der Waals surface area contributed by atoms with Crippen LogP contribution in [-0.4, -0.2) is 32.6 Å². The van der Waals surface area contributed by atoms with Crippen molar-refractivity contribution < 1.29 is 8.42 Å². The van der Waals surface area contributed by atoms with Crippen molar-refractivity contribution in [3.8, 4) is 0 Å². The highest BCUT2D eigenvalue weighted by atomic mass is 32.2. The van der Waals surface area contributed by atoms with E-state index in [-0.39, 0.29) is 0 Å². The predicted octanol–water partition coefficient (Wildman–Crippen LogP) is 0.678. The summed E-state index contributed by atoms with van der Waals surface area (Å²) in [6.45, 7) is 2.67. The van der Waals surface area contributed by atoms with Crippen LogP contribution in [0, 0.1) is 0 Å². The van der Waals surface area contributed by atoms with Crippen LogP contribution in [0.25, 0.3) is 0 Å². The monoisotopic (exact) mass is 165 g/mol. The Morgan fingerprint density at radius 2 is 1.90 bits per heavy atom. The molecule has 62 valence electrons. The Morgan fingerprint density at radius 3 is 2.20 bits per heavy atom. The molecule has 0 spiro atoms. The van der Waals surface area contributed by atoms with Gasteiger partial charge in [-0.1, -0.05) is 13.3 Å². The third-order valence-electron chi connectivity index (χ3n) is 1.39. The van der Waals surface area contributed by atoms with Crippen LogP contribution in [-0.2, 0) is 10.0 Å². The number of hydrogen-bond acceptors (Lipinski definition) is 2. The van der Waals surface area contributed by atoms with Crippen LogP contribution in [0.4, 0.5) is 0 Å². The van der Waals surface area contributed by atoms with Gasteiger partial charge in [-0.25, -0.2) is 12.7 Å². The minimum absolute atomic E-state index is 0.634. The summed E-state index contributed by atoms with van der Waals surface area (Å²) >= 11 is 0. The first-order valence-electron chi connectivity index (χ1n) is 3.39. The first kappa shape index (κ1) is 9.91. The van der Waals surface area contributed by atoms with E-state index >= 15 is 0 Å². The lowest BCUT2D eigenvalue weighted by molar-refractivity contribution is 0.464. The van der Waals surface area contributed by atoms with E-state index in [1.165, 1.54) is 10.6 Å². The molecule has 4 heteroatoms. The van der Waals surface area contributed by atoms with Gasteiger partial charge < -0.3 is 0 Å². The molecule has 0 N–H and O–H groups in total. The lowest BCUT2D eigenvalue weighted by Crippen LogP contribution is -2.26. The summed E-state index contributed by atoms with van der Waals surface area (Å²) in [6.07, 6.45) is 3.19. The van der Waals surface area contributed by atoms with Crippen LogP contribution in [0.1, 0.15) is 19.8 Å². The third-order valence-corrected chi connectivity index (χ3v) is 2.71. The molecule has 0 heterocycles. The van der Waals surface area contributed by atoms with E-state index in [1.54, 1.807) is 7.05 Å². The van der Waals surface area contributed by atoms with Gasteiger partial charge in [-0.3, -0.25) is 0 Å². The highest BCUT2D eigenvalue weighted by molar-refractivity contribution is 7.88. The second-order valence-electron chi connectivity index (χ2n) is 2.44. The summed E-state index contributed by atoms with van der Waals surface area (Å²) in [5, 5.41) is 0. The number of rotatable bonds is 4. The topological polar surface area (TPSA) is 37.4 Å². The van der Waals surface area contributed by atoms with E-state index in [0.29, 0.717) is 6.54 Å². The highest BCUT2D eigenvalue weighted by Gasteiger charge is 2.08. The van der Waals surface area contributed by atoms with Crippen LogP contribution in [0.5, 0.6) is 0 Å². The van der Waals surface area contributed by atoms with Crippen molar-refractivity contribution >= 4 is 10.0 Å². The van der Waals surface area contributed by atoms with Gasteiger partial charge in [0.1, 0.15) is 0 Å². The molecule has 0 aromatic carbocycles. The number of unbranched alkanes of at least 4 members (excludes halogenated alkanes) is 1. The van der Waals surface area contributed by atoms with E-state index in [0.717, 1.165) is 12.8 Å². The maximum Gasteiger partial charge on any atom is 0.210 e. The molecule has 0 aliphatic heterocycles. The smallest absolute Gasteiger partial charge is 0.210 e. The van der Waals surface area contributed by atoms with Crippen LogP contribution in [0.15, 0.2) is 0 Å². The maximum absolute atomic E-state index is 10.8. The maximum atomic E-state index is 10.8. The summed E-state index contributed by atoms with van der Waals surface area (Å²) in [5.41, 5.74) is 0. The molecule has 0 radical (unpaired) electrons. The average Bonchev–Trinajstić information content (AvgIpc) is 1.80. The molecule has 0 aliphatic rings. The van der Waals surface area contributed by atoms with Crippen molar-refractivity contribution in [3.63, 3.8) is 0 Å². The molecule has 0 aromatic rings. The standard InChI is InChI=1S/C6H15NO2S/c1-4-5-6-7(2)10(3,8)9/h4-6H2,1-3H3. The van der Waals surface area contributed by atoms with Crippen LogP contribution in [0.3, 0.4) is 0 Å². The van der Waals surface area contributed by atoms with Crippen molar-refractivity contribution in [3.05, 3.63) is 0 Å². The SMILES string of the molecule is CCCCN(C)S(C)(=O)=O. The number of hydrogen-bond donors (Lipinski definition) is 0. The Bertz CT molecular complexity index is 174. The molecule has 0 aromatic heterocycles. The Kier molecular flexibility index (Phi) is 3.89. The van der Waals surface area contributed by atoms with Gasteiger partial charge in [-0.05, 0) is 6.42 Å². The molecule has 0 atom stereocenters. The fourth-order valence-electron chi connectivity index (χ4n) is 0.547. The lowest BCUT2D eigenvalue weighted by atomic mass is 10.3. The summed E-state index contributed by atoms with van der Waals surface area (Å²) in [7, 11) is -1.34. The first-order chi connectivity index (χ1) is 4.48. The van der Waals surface area contributed by atoms with Gasteiger partial charge in [0.15, 0.2) is 0 Å². The second-order valence-corrected chi connectivity index (χ2v) is 4.53. The summed E-state index contributed by atoms with van der Waals surface area (Å²) in [4.78, 5) is 0. The van der Waals surface area contributed by atoms with E-state index in [1.807, 2.05) is 6.92 Å². The molecule has 0 aliphatic carbocycles. The molecular formula is C6H15NO2S. The van der Waals surface area contributed by atoms with Crippen molar-refractivity contribution in [1.29, 1.82) is 0 Å². The molecule has 10 heavy (non-hydrogen) atoms. The van der Waals surface area contributed by atoms with E-state index in [2.05, 4.69) is 0 Å². The van der Waals surface area contributed by atoms with Crippen LogP contribution < -0.4 is 0 Å². The Morgan fingerprint density at radius 1 is 1.40 bits per heavy atom. The van der Waals surface area contributed by atoms with Gasteiger partial charge in [-0.15, -0.1) is 0 Å². The zero-order valence-electron chi connectivity index (χ0n) is 6.79. The highest BCUT2D eigenvalue weighted by Crippen LogP contribution is 1.96. The van der Waals surface area contributed by atoms with Crippen molar-refractivity contribution in [2.24, 2.45) is 0 Å². The van der Waals surface area contributed by atoms with Crippen molar-refractivity contribution in [2.75, 3.05) is 19.8 Å². The minimum Gasteiger partial charge on any atom is -0.213 e. The van der Waals surface area contributed by atoms with Gasteiger partial charge in [0.05, 0.1) is 6.26 Å². The summed E-state index contributed by atoms with van der Waals surface area (Å²) < 4.78 is 22.9. The Hall–Kier alpha value is -0.0900. The zero-order valence-corrected chi connectivity index (χ0v) is 7.61. The summed E-state index contributed by atoms with van der Waals surface area (Å²) in [5.74, 6) is 0. The molecule has 0 bridgehead atoms. The number of sulfonamides is 1. The molecular weight excluding hydrogens is 150 g/mol. The molecule has 0 unspecified atom stereocenters. The molecule has 0 fully saturated rings. The van der Waals surface area contributed by atoms with Crippen LogP contribution >= 0.6 is 0 Å². The van der Waals surface area contributed by atoms with Crippen molar-refractivity contribution in [2.45, 2.75) is 19.8 Å². The van der Waals surface area contributed by atoms with Crippen molar-refractivity contribution in [1.82, 2.24) is 4.31 Å². The predicted molar refractivity (Wildman–Crippen MR) is 42.4 cm³/mol. The quantitative estimate of drug-likeness (QED) is 0.614. The fourth-order valence-corrected chi connectivity index (χ4v) is 1.01. The Balaban J connectivity index is 3.75. The fraction of sp³-hybridized carbons (Fsp3) is 1.00. The molecule has 0 saturated heterocycles. The van der Waals surface area contributed by atoms with Gasteiger partial charge in [-0.2, -0.15) is 0 Å². The second kappa shape index (κ2) is 3.93. The number of nitrogens with zero attached hydrogens (tertiary/aromatic N) is 1. The van der Waals surface area contributed by atoms with Gasteiger partial charge in [0.25, 0.3) is 0 Å². The summed E-state index contributed by atoms with van der Waals surface area (Å²) in [6, 6.07) is 0. The van der Waals surface area contributed by atoms with E-state index in [9.17, 15) is 8.42 Å². The zero-order chi connectivity index (χ0) is 8.20. The normalized spacial score (nSPS) is 12.4. The first-order valence-corrected chi connectivity index (χ1v) is 5.24. The van der Waals surface area contributed by atoms with E-state index in [4.69, 9.17) is 0 Å². The van der Waals surface area contributed by atoms with Crippen LogP contribution in [0.2, 0.25) is 0 Å². The molecule has 0 amide bonds. The molecule has 3 nitrogen and oxygen atoms in total. The van der Waals surface area contributed by atoms with Gasteiger partial charge in [0.2, 0.25) is 10.0 Å². The molecule has 0 saturated carbocycles. The third kappa shape index (κ3) is 3.85. The van der Waals surface area contributed by atoms with E-state index < -0.39 is 10.0 Å². The largest absolute Gasteiger partial charge is 0.213 e. The molecule has 0 rings (SSSR count). The Labute approximate surface area is 63.1 Å². The lowest BCUT2D eigenvalue weighted by Gasteiger charge is -2.12. The van der Waals surface area contributed by atoms with Gasteiger partial charge in [0, 0.05) is 13.6 Å².